The van der Waals surface area contributed by atoms with Gasteiger partial charge in [-0.25, -0.2) is 0 Å². The quantitative estimate of drug-likeness (QED) is 0.228. The average Bonchev–Trinajstić information content (AvgIpc) is 2.12. The average molecular weight is 315 g/mol. The van der Waals surface area contributed by atoms with E-state index in [-0.39, 0.29) is 0 Å². The van der Waals surface area contributed by atoms with Crippen molar-refractivity contribution in [2.24, 2.45) is 0 Å². The van der Waals surface area contributed by atoms with Gasteiger partial charge in [0.1, 0.15) is 0 Å². The minimum absolute atomic E-state index is 0.417. The van der Waals surface area contributed by atoms with E-state index in [0.717, 1.165) is 0 Å². The lowest BCUT2D eigenvalue weighted by Gasteiger charge is -1.98. The van der Waals surface area contributed by atoms with Gasteiger partial charge in [0.15, 0.2) is 0 Å². The van der Waals surface area contributed by atoms with Crippen LogP contribution in [-0.4, -0.2) is 43.1 Å². The van der Waals surface area contributed by atoms with Gasteiger partial charge < -0.3 is 15.8 Å². The van der Waals surface area contributed by atoms with E-state index in [2.05, 4.69) is 3.63 Å². The van der Waals surface area contributed by atoms with Crippen LogP contribution in [0, 0.1) is 0 Å². The molecular formula is C6H10BNO9S2. The van der Waals surface area contributed by atoms with Crippen molar-refractivity contribution < 1.29 is 39.6 Å². The minimum Gasteiger partial charge on any atom is -0.423 e. The van der Waals surface area contributed by atoms with Gasteiger partial charge in [-0.3, -0.25) is 9.11 Å². The first kappa shape index (κ1) is 17.8. The number of nitrogen functional groups attached to an aromatic ring is 1. The maximum Gasteiger partial charge on any atom is 0.488 e. The van der Waals surface area contributed by atoms with Crippen molar-refractivity contribution >= 4 is 39.1 Å². The highest BCUT2D eigenvalue weighted by Gasteiger charge is 2.15. The summed E-state index contributed by atoms with van der Waals surface area (Å²) in [5.74, 6) is 0. The molecule has 0 amide bonds. The first-order chi connectivity index (χ1) is 8.41. The fourth-order valence-electron chi connectivity index (χ4n) is 0.828. The minimum atomic E-state index is -5.12. The number of hydrogen-bond acceptors (Lipinski definition) is 8. The van der Waals surface area contributed by atoms with Gasteiger partial charge in [-0.2, -0.15) is 16.8 Å². The molecule has 0 aliphatic heterocycles. The maximum atomic E-state index is 9.44. The zero-order chi connectivity index (χ0) is 15.3. The lowest BCUT2D eigenvalue weighted by atomic mass is 9.80. The molecule has 13 heteroatoms. The Morgan fingerprint density at radius 2 is 1.53 bits per heavy atom. The number of nitrogens with two attached hydrogens (primary N) is 1. The number of benzene rings is 1. The lowest BCUT2D eigenvalue weighted by Crippen LogP contribution is -2.29. The van der Waals surface area contributed by atoms with Crippen LogP contribution in [0.5, 0.6) is 0 Å². The van der Waals surface area contributed by atoms with Crippen molar-refractivity contribution in [1.29, 1.82) is 0 Å². The molecule has 0 heterocycles. The maximum absolute atomic E-state index is 9.44. The Morgan fingerprint density at radius 3 is 1.74 bits per heavy atom. The Labute approximate surface area is 109 Å². The van der Waals surface area contributed by atoms with E-state index in [9.17, 15) is 16.8 Å². The van der Waals surface area contributed by atoms with Crippen LogP contribution in [0.25, 0.3) is 0 Å². The molecule has 0 radical (unpaired) electrons. The Hall–Kier alpha value is -1.22. The van der Waals surface area contributed by atoms with Crippen molar-refractivity contribution in [3.63, 3.8) is 0 Å². The van der Waals surface area contributed by atoms with Gasteiger partial charge in [-0.15, -0.1) is 3.63 Å². The van der Waals surface area contributed by atoms with Gasteiger partial charge in [-0.05, 0) is 17.6 Å². The van der Waals surface area contributed by atoms with Crippen LogP contribution < -0.4 is 11.2 Å². The molecule has 0 aliphatic rings. The molecular weight excluding hydrogens is 305 g/mol. The summed E-state index contributed by atoms with van der Waals surface area (Å²) in [5.41, 5.74) is 6.32. The molecule has 0 bridgehead atoms. The van der Waals surface area contributed by atoms with Crippen LogP contribution in [0.3, 0.4) is 0 Å². The predicted octanol–water partition coefficient (Wildman–Crippen LogP) is -2.44. The summed E-state index contributed by atoms with van der Waals surface area (Å²) in [6.45, 7) is 0. The topological polar surface area (TPSA) is 184 Å². The van der Waals surface area contributed by atoms with E-state index in [1.807, 2.05) is 0 Å². The zero-order valence-electron chi connectivity index (χ0n) is 9.11. The van der Waals surface area contributed by atoms with E-state index in [1.165, 1.54) is 6.07 Å². The highest BCUT2D eigenvalue weighted by molar-refractivity contribution is 7.94. The first-order valence-electron chi connectivity index (χ1n) is 4.28. The van der Waals surface area contributed by atoms with Crippen LogP contribution in [0.15, 0.2) is 24.3 Å². The van der Waals surface area contributed by atoms with Crippen molar-refractivity contribution in [2.45, 2.75) is 0 Å². The fraction of sp³-hybridized carbons (Fsp3) is 0. The van der Waals surface area contributed by atoms with Crippen LogP contribution in [0.2, 0.25) is 0 Å². The van der Waals surface area contributed by atoms with Crippen LogP contribution in [-0.2, 0) is 24.4 Å². The lowest BCUT2D eigenvalue weighted by molar-refractivity contribution is 0.344. The molecule has 0 unspecified atom stereocenters. The second kappa shape index (κ2) is 6.81. The summed E-state index contributed by atoms with van der Waals surface area (Å²) < 4.78 is 55.6. The van der Waals surface area contributed by atoms with Crippen molar-refractivity contribution in [3.8, 4) is 0 Å². The molecule has 108 valence electrons. The summed E-state index contributed by atoms with van der Waals surface area (Å²) in [5, 5.41) is 17.3. The van der Waals surface area contributed by atoms with Crippen LogP contribution in [0.4, 0.5) is 5.69 Å². The first-order valence-corrected chi connectivity index (χ1v) is 7.01. The highest BCUT2D eigenvalue weighted by atomic mass is 32.3. The predicted molar refractivity (Wildman–Crippen MR) is 64.9 cm³/mol. The van der Waals surface area contributed by atoms with E-state index >= 15 is 0 Å². The Bertz CT molecular complexity index is 581. The monoisotopic (exact) mass is 315 g/mol. The van der Waals surface area contributed by atoms with Gasteiger partial charge in [0, 0.05) is 5.69 Å². The van der Waals surface area contributed by atoms with Crippen LogP contribution >= 0.6 is 0 Å². The molecule has 0 atom stereocenters. The number of anilines is 1. The second-order valence-corrected chi connectivity index (χ2v) is 5.22. The largest absolute Gasteiger partial charge is 0.488 e. The molecule has 0 saturated carbocycles. The van der Waals surface area contributed by atoms with Gasteiger partial charge in [0.25, 0.3) is 0 Å². The third-order valence-electron chi connectivity index (χ3n) is 1.38. The summed E-state index contributed by atoms with van der Waals surface area (Å²) in [6.07, 6.45) is 0. The van der Waals surface area contributed by atoms with Crippen molar-refractivity contribution in [1.82, 2.24) is 0 Å². The van der Waals surface area contributed by atoms with Gasteiger partial charge in [0.05, 0.1) is 0 Å². The third kappa shape index (κ3) is 10.4. The van der Waals surface area contributed by atoms with Crippen molar-refractivity contribution in [2.75, 3.05) is 5.73 Å². The van der Waals surface area contributed by atoms with Gasteiger partial charge >= 0.3 is 27.9 Å². The van der Waals surface area contributed by atoms with E-state index < -0.39 is 27.9 Å². The second-order valence-electron chi connectivity index (χ2n) is 2.97. The van der Waals surface area contributed by atoms with E-state index in [4.69, 9.17) is 24.9 Å². The Balaban J connectivity index is 0.000000344. The molecule has 1 rings (SSSR count). The molecule has 19 heavy (non-hydrogen) atoms. The summed E-state index contributed by atoms with van der Waals surface area (Å²) in [4.78, 5) is 0. The molecule has 0 saturated heterocycles. The molecule has 1 aromatic rings. The van der Waals surface area contributed by atoms with Crippen LogP contribution in [0.1, 0.15) is 0 Å². The summed E-state index contributed by atoms with van der Waals surface area (Å²) in [7, 11) is -11.7. The van der Waals surface area contributed by atoms with Gasteiger partial charge in [0.2, 0.25) is 0 Å². The number of rotatable bonds is 3. The molecule has 0 spiro atoms. The van der Waals surface area contributed by atoms with E-state index in [1.54, 1.807) is 18.2 Å². The molecule has 0 aromatic heterocycles. The third-order valence-corrected chi connectivity index (χ3v) is 2.76. The Morgan fingerprint density at radius 1 is 1.05 bits per heavy atom. The molecule has 0 aliphatic carbocycles. The standard InChI is InChI=1S/C6H8BNO2.H2O7S2/c8-6-3-1-2-5(4-6)7(9)10;1-8(2,3)7-9(4,5)6/h1-4,9-10H,8H2;(H,1,2,3)(H,4,5,6). The van der Waals surface area contributed by atoms with Crippen molar-refractivity contribution in [3.05, 3.63) is 24.3 Å². The summed E-state index contributed by atoms with van der Waals surface area (Å²) in [6, 6.07) is 6.47. The highest BCUT2D eigenvalue weighted by Crippen LogP contribution is 1.96. The van der Waals surface area contributed by atoms with Gasteiger partial charge in [-0.1, -0.05) is 12.1 Å². The SMILES string of the molecule is Nc1cccc(B(O)O)c1.O=S(=O)(O)OS(=O)(=O)O. The molecule has 0 fully saturated rings. The smallest absolute Gasteiger partial charge is 0.423 e. The zero-order valence-corrected chi connectivity index (χ0v) is 10.7. The molecule has 6 N–H and O–H groups in total. The normalized spacial score (nSPS) is 11.4. The Kier molecular flexibility index (Phi) is 6.37. The number of hydrogen-bond donors (Lipinski definition) is 5. The summed E-state index contributed by atoms with van der Waals surface area (Å²) >= 11 is 0. The molecule has 10 nitrogen and oxygen atoms in total. The molecule has 1 aromatic carbocycles. The van der Waals surface area contributed by atoms with E-state index in [0.29, 0.717) is 11.2 Å². The fourth-order valence-corrected chi connectivity index (χ4v) is 1.70.